The van der Waals surface area contributed by atoms with E-state index in [-0.39, 0.29) is 0 Å². The molecule has 0 radical (unpaired) electrons. The van der Waals surface area contributed by atoms with Gasteiger partial charge < -0.3 is 36.4 Å². The van der Waals surface area contributed by atoms with E-state index in [0.29, 0.717) is 0 Å². The maximum Gasteiger partial charge on any atom is 0.500 e. The molecule has 0 spiro atoms. The molecule has 0 N–H and O–H groups in total. The van der Waals surface area contributed by atoms with Gasteiger partial charge in [0.05, 0.1) is 0 Å². The first-order valence-corrected chi connectivity index (χ1v) is 13.4. The minimum Gasteiger partial charge on any atom is -0.377 e. The minimum absolute atomic E-state index is 0.813. The van der Waals surface area contributed by atoms with Gasteiger partial charge in [0.15, 0.2) is 0 Å². The molecule has 0 aliphatic heterocycles. The Labute approximate surface area is 168 Å². The van der Waals surface area contributed by atoms with Crippen LogP contribution in [0.5, 0.6) is 0 Å². The molecule has 0 rings (SSSR count). The van der Waals surface area contributed by atoms with Gasteiger partial charge in [-0.3, -0.25) is 0 Å². The largest absolute Gasteiger partial charge is 0.500 e. The summed E-state index contributed by atoms with van der Waals surface area (Å²) in [6.07, 6.45) is 3.09. The van der Waals surface area contributed by atoms with Crippen molar-refractivity contribution in [3.05, 3.63) is 0 Å². The van der Waals surface area contributed by atoms with Crippen molar-refractivity contribution in [2.75, 3.05) is 82.9 Å². The summed E-state index contributed by atoms with van der Waals surface area (Å²) in [6, 6.07) is 1.63. The van der Waals surface area contributed by atoms with Crippen LogP contribution in [-0.2, 0) is 26.6 Å². The Morgan fingerprint density at radius 3 is 1.15 bits per heavy atom. The van der Waals surface area contributed by atoms with Crippen LogP contribution < -0.4 is 0 Å². The zero-order valence-electron chi connectivity index (χ0n) is 18.7. The average molecular weight is 427 g/mol. The second-order valence-electron chi connectivity index (χ2n) is 6.80. The molecule has 0 aromatic heterocycles. The number of rotatable bonds is 18. The molecule has 27 heavy (non-hydrogen) atoms. The summed E-state index contributed by atoms with van der Waals surface area (Å²) in [6.45, 7) is 4.11. The maximum absolute atomic E-state index is 5.53. The Balaban J connectivity index is 4.59. The summed E-state index contributed by atoms with van der Waals surface area (Å²) in [5.74, 6) is 0. The third-order valence-corrected chi connectivity index (χ3v) is 10.5. The van der Waals surface area contributed by atoms with Crippen molar-refractivity contribution in [2.24, 2.45) is 0 Å². The van der Waals surface area contributed by atoms with E-state index in [9.17, 15) is 0 Å². The fourth-order valence-corrected chi connectivity index (χ4v) is 6.50. The zero-order chi connectivity index (χ0) is 20.8. The predicted molar refractivity (Wildman–Crippen MR) is 112 cm³/mol. The van der Waals surface area contributed by atoms with Crippen molar-refractivity contribution >= 4 is 17.6 Å². The molecule has 0 aromatic carbocycles. The second kappa shape index (κ2) is 15.0. The van der Waals surface area contributed by atoms with Gasteiger partial charge in [-0.15, -0.1) is 0 Å². The highest BCUT2D eigenvalue weighted by molar-refractivity contribution is 6.60. The highest BCUT2D eigenvalue weighted by Gasteiger charge is 2.38. The lowest BCUT2D eigenvalue weighted by Gasteiger charge is -2.28. The van der Waals surface area contributed by atoms with E-state index < -0.39 is 17.6 Å². The predicted octanol–water partition coefficient (Wildman–Crippen LogP) is 1.78. The first-order valence-electron chi connectivity index (χ1n) is 9.54. The molecular formula is C17H42N2O6Si2. The van der Waals surface area contributed by atoms with Crippen LogP contribution in [0.1, 0.15) is 19.3 Å². The van der Waals surface area contributed by atoms with Crippen LogP contribution in [0.2, 0.25) is 12.1 Å². The molecule has 0 amide bonds. The van der Waals surface area contributed by atoms with Gasteiger partial charge in [0.2, 0.25) is 0 Å². The summed E-state index contributed by atoms with van der Waals surface area (Å²) in [7, 11) is 9.21. The van der Waals surface area contributed by atoms with Crippen molar-refractivity contribution < 1.29 is 26.6 Å². The van der Waals surface area contributed by atoms with Gasteiger partial charge in [0, 0.05) is 54.7 Å². The quantitative estimate of drug-likeness (QED) is 0.307. The highest BCUT2D eigenvalue weighted by Crippen LogP contribution is 2.18. The van der Waals surface area contributed by atoms with Crippen LogP contribution in [0.15, 0.2) is 0 Å². The Morgan fingerprint density at radius 2 is 0.852 bits per heavy atom. The molecule has 0 aliphatic carbocycles. The molecule has 8 nitrogen and oxygen atoms in total. The van der Waals surface area contributed by atoms with E-state index in [1.54, 1.807) is 42.7 Å². The lowest BCUT2D eigenvalue weighted by Crippen LogP contribution is -2.44. The van der Waals surface area contributed by atoms with E-state index in [1.165, 1.54) is 0 Å². The lowest BCUT2D eigenvalue weighted by atomic mass is 10.3. The van der Waals surface area contributed by atoms with Gasteiger partial charge in [-0.25, -0.2) is 0 Å². The zero-order valence-corrected chi connectivity index (χ0v) is 20.7. The third kappa shape index (κ3) is 10.5. The van der Waals surface area contributed by atoms with Crippen LogP contribution in [-0.4, -0.2) is 110 Å². The topological polar surface area (TPSA) is 61.9 Å². The molecule has 10 heteroatoms. The van der Waals surface area contributed by atoms with Crippen LogP contribution >= 0.6 is 0 Å². The number of hydrogen-bond donors (Lipinski definition) is 0. The van der Waals surface area contributed by atoms with Crippen LogP contribution in [0.25, 0.3) is 0 Å². The van der Waals surface area contributed by atoms with Crippen molar-refractivity contribution in [3.8, 4) is 0 Å². The molecule has 164 valence electrons. The molecule has 0 saturated carbocycles. The Bertz CT molecular complexity index is 316. The van der Waals surface area contributed by atoms with Crippen LogP contribution in [0.4, 0.5) is 0 Å². The molecule has 0 saturated heterocycles. The number of nitrogens with zero attached hydrogens (tertiary/aromatic N) is 2. The molecule has 0 atom stereocenters. The smallest absolute Gasteiger partial charge is 0.377 e. The number of hydrogen-bond acceptors (Lipinski definition) is 8. The van der Waals surface area contributed by atoms with E-state index in [4.69, 9.17) is 26.6 Å². The fraction of sp³-hybridized carbons (Fsp3) is 1.00. The Hall–Kier alpha value is 0.114. The monoisotopic (exact) mass is 426 g/mol. The van der Waals surface area contributed by atoms with Gasteiger partial charge in [0.1, 0.15) is 0 Å². The fourth-order valence-electron chi connectivity index (χ4n) is 3.10. The van der Waals surface area contributed by atoms with Gasteiger partial charge >= 0.3 is 17.6 Å². The van der Waals surface area contributed by atoms with Crippen molar-refractivity contribution in [1.82, 2.24) is 9.80 Å². The van der Waals surface area contributed by atoms with E-state index in [0.717, 1.165) is 57.5 Å². The van der Waals surface area contributed by atoms with Gasteiger partial charge in [-0.2, -0.15) is 0 Å². The summed E-state index contributed by atoms with van der Waals surface area (Å²) in [4.78, 5) is 4.71. The summed E-state index contributed by atoms with van der Waals surface area (Å²) in [5, 5.41) is 0. The van der Waals surface area contributed by atoms with Crippen molar-refractivity contribution in [1.29, 1.82) is 0 Å². The molecule has 0 unspecified atom stereocenters. The minimum atomic E-state index is -2.50. The van der Waals surface area contributed by atoms with E-state index >= 15 is 0 Å². The highest BCUT2D eigenvalue weighted by atomic mass is 28.4. The molecule has 0 fully saturated rings. The standard InChI is InChI=1S/C17H42N2O6Si2/c1-18(2)12-9-13-19(14-10-16-26(20-3,21-4)22-5)15-11-17-27(23-6,24-7)25-8/h9-17H2,1-8H3. The Morgan fingerprint density at radius 1 is 0.519 bits per heavy atom. The lowest BCUT2D eigenvalue weighted by molar-refractivity contribution is 0.119. The SMILES string of the molecule is CO[Si](CCCN(CCCN(C)C)CCC[Si](OC)(OC)OC)(OC)OC. The second-order valence-corrected chi connectivity index (χ2v) is 13.0. The van der Waals surface area contributed by atoms with Crippen LogP contribution in [0.3, 0.4) is 0 Å². The first-order chi connectivity index (χ1) is 12.9. The molecular weight excluding hydrogens is 384 g/mol. The maximum atomic E-state index is 5.53. The normalized spacial score (nSPS) is 13.1. The van der Waals surface area contributed by atoms with E-state index in [2.05, 4.69) is 23.9 Å². The van der Waals surface area contributed by atoms with Crippen LogP contribution in [0, 0.1) is 0 Å². The van der Waals surface area contributed by atoms with Gasteiger partial charge in [-0.1, -0.05) is 0 Å². The molecule has 0 heterocycles. The summed E-state index contributed by atoms with van der Waals surface area (Å²) in [5.41, 5.74) is 0. The molecule has 0 aliphatic rings. The first kappa shape index (κ1) is 27.1. The van der Waals surface area contributed by atoms with Gasteiger partial charge in [-0.05, 0) is 59.5 Å². The third-order valence-electron chi connectivity index (χ3n) is 4.86. The Kier molecular flexibility index (Phi) is 15.1. The average Bonchev–Trinajstić information content (AvgIpc) is 2.68. The van der Waals surface area contributed by atoms with Gasteiger partial charge in [0.25, 0.3) is 0 Å². The molecule has 0 aromatic rings. The van der Waals surface area contributed by atoms with Crippen molar-refractivity contribution in [2.45, 2.75) is 31.4 Å². The van der Waals surface area contributed by atoms with Crippen molar-refractivity contribution in [3.63, 3.8) is 0 Å². The molecule has 0 bridgehead atoms. The summed E-state index contributed by atoms with van der Waals surface area (Å²) >= 11 is 0. The summed E-state index contributed by atoms with van der Waals surface area (Å²) < 4.78 is 33.2. The van der Waals surface area contributed by atoms with E-state index in [1.807, 2.05) is 0 Å².